The van der Waals surface area contributed by atoms with Crippen LogP contribution in [0.2, 0.25) is 0 Å². The van der Waals surface area contributed by atoms with Crippen LogP contribution in [0.4, 0.5) is 4.39 Å². The molecule has 3 heteroatoms. The Morgan fingerprint density at radius 1 is 1.04 bits per heavy atom. The molecule has 0 aliphatic carbocycles. The van der Waals surface area contributed by atoms with Crippen molar-refractivity contribution < 1.29 is 9.13 Å². The number of rotatable bonds is 5. The van der Waals surface area contributed by atoms with E-state index >= 15 is 0 Å². The van der Waals surface area contributed by atoms with E-state index in [0.29, 0.717) is 11.4 Å². The molecular formula is C20H34FNO. The van der Waals surface area contributed by atoms with Gasteiger partial charge in [0.2, 0.25) is 0 Å². The van der Waals surface area contributed by atoms with Crippen molar-refractivity contribution >= 4 is 0 Å². The lowest BCUT2D eigenvalue weighted by atomic mass is 10.2. The fourth-order valence-electron chi connectivity index (χ4n) is 1.22. The van der Waals surface area contributed by atoms with Crippen LogP contribution in [-0.4, -0.2) is 7.05 Å². The van der Waals surface area contributed by atoms with Crippen molar-refractivity contribution in [3.05, 3.63) is 59.3 Å². The van der Waals surface area contributed by atoms with Gasteiger partial charge in [0.15, 0.2) is 5.88 Å². The summed E-state index contributed by atoms with van der Waals surface area (Å²) in [5.41, 5.74) is 1.72. The highest BCUT2D eigenvalue weighted by atomic mass is 19.1. The average molecular weight is 323 g/mol. The maximum absolute atomic E-state index is 13.3. The summed E-state index contributed by atoms with van der Waals surface area (Å²) in [6.45, 7) is 12.7. The predicted octanol–water partition coefficient (Wildman–Crippen LogP) is 6.20. The van der Waals surface area contributed by atoms with Crippen molar-refractivity contribution in [2.75, 3.05) is 7.05 Å². The van der Waals surface area contributed by atoms with E-state index in [1.54, 1.807) is 25.2 Å². The molecule has 0 bridgehead atoms. The Bertz CT molecular complexity index is 447. The first kappa shape index (κ1) is 23.5. The summed E-state index contributed by atoms with van der Waals surface area (Å²) in [6.07, 6.45) is 6.27. The zero-order valence-electron chi connectivity index (χ0n) is 15.9. The first-order valence-electron chi connectivity index (χ1n) is 8.35. The van der Waals surface area contributed by atoms with Crippen molar-refractivity contribution in [1.29, 1.82) is 0 Å². The molecule has 132 valence electrons. The maximum Gasteiger partial charge on any atom is 0.186 e. The second-order valence-corrected chi connectivity index (χ2v) is 5.32. The molecule has 1 aromatic rings. The van der Waals surface area contributed by atoms with Crippen molar-refractivity contribution in [3.8, 4) is 0 Å². The van der Waals surface area contributed by atoms with E-state index in [1.807, 2.05) is 26.0 Å². The van der Waals surface area contributed by atoms with E-state index in [9.17, 15) is 4.39 Å². The Morgan fingerprint density at radius 3 is 2.00 bits per heavy atom. The van der Waals surface area contributed by atoms with Crippen LogP contribution in [0.25, 0.3) is 0 Å². The fraction of sp³-hybridized carbons (Fsp3) is 0.500. The van der Waals surface area contributed by atoms with Gasteiger partial charge in [-0.25, -0.2) is 4.39 Å². The van der Waals surface area contributed by atoms with Gasteiger partial charge in [-0.2, -0.15) is 0 Å². The SMILES string of the molecule is CCC.CCC.CN/C(=C\C=C(C)C)OCc1ccccc1F. The predicted molar refractivity (Wildman–Crippen MR) is 99.7 cm³/mol. The third-order valence-electron chi connectivity index (χ3n) is 2.16. The standard InChI is InChI=1S/C14H18FNO.2C3H8/c1-11(2)8-9-14(16-3)17-10-12-6-4-5-7-13(12)15;2*1-3-2/h4-9,16H,10H2,1-3H3;2*3H2,1-2H3/b14-9+;;. The molecule has 23 heavy (non-hydrogen) atoms. The van der Waals surface area contributed by atoms with Gasteiger partial charge in [-0.05, 0) is 26.0 Å². The Labute approximate surface area is 142 Å². The molecule has 0 aromatic heterocycles. The topological polar surface area (TPSA) is 21.3 Å². The highest BCUT2D eigenvalue weighted by Gasteiger charge is 2.01. The normalized spacial score (nSPS) is 9.65. The van der Waals surface area contributed by atoms with Gasteiger partial charge in [0.1, 0.15) is 12.4 Å². The largest absolute Gasteiger partial charge is 0.474 e. The summed E-state index contributed by atoms with van der Waals surface area (Å²) in [5, 5.41) is 2.92. The van der Waals surface area contributed by atoms with Crippen LogP contribution in [0.5, 0.6) is 0 Å². The third-order valence-corrected chi connectivity index (χ3v) is 2.16. The Kier molecular flexibility index (Phi) is 17.0. The second kappa shape index (κ2) is 16.6. The Balaban J connectivity index is 0. The molecule has 2 nitrogen and oxygen atoms in total. The van der Waals surface area contributed by atoms with Crippen LogP contribution < -0.4 is 5.32 Å². The van der Waals surface area contributed by atoms with E-state index < -0.39 is 0 Å². The molecule has 0 saturated heterocycles. The summed E-state index contributed by atoms with van der Waals surface area (Å²) < 4.78 is 18.8. The van der Waals surface area contributed by atoms with Gasteiger partial charge in [-0.3, -0.25) is 0 Å². The highest BCUT2D eigenvalue weighted by Crippen LogP contribution is 2.09. The lowest BCUT2D eigenvalue weighted by Gasteiger charge is -2.09. The number of allylic oxidation sites excluding steroid dienone is 3. The maximum atomic E-state index is 13.3. The molecular weight excluding hydrogens is 289 g/mol. The van der Waals surface area contributed by atoms with Gasteiger partial charge >= 0.3 is 0 Å². The van der Waals surface area contributed by atoms with Crippen LogP contribution in [0.15, 0.2) is 47.9 Å². The van der Waals surface area contributed by atoms with Crippen molar-refractivity contribution in [1.82, 2.24) is 5.32 Å². The van der Waals surface area contributed by atoms with Gasteiger partial charge in [0.25, 0.3) is 0 Å². The minimum atomic E-state index is -0.245. The molecule has 0 aliphatic heterocycles. The van der Waals surface area contributed by atoms with E-state index in [1.165, 1.54) is 24.5 Å². The fourth-order valence-corrected chi connectivity index (χ4v) is 1.22. The lowest BCUT2D eigenvalue weighted by molar-refractivity contribution is 0.179. The van der Waals surface area contributed by atoms with Crippen molar-refractivity contribution in [2.45, 2.75) is 61.0 Å². The zero-order chi connectivity index (χ0) is 18.1. The zero-order valence-corrected chi connectivity index (χ0v) is 15.9. The monoisotopic (exact) mass is 323 g/mol. The summed E-state index contributed by atoms with van der Waals surface area (Å²) in [5.74, 6) is 0.375. The lowest BCUT2D eigenvalue weighted by Crippen LogP contribution is -2.09. The number of halogens is 1. The van der Waals surface area contributed by atoms with E-state index in [-0.39, 0.29) is 12.4 Å². The van der Waals surface area contributed by atoms with Gasteiger partial charge in [-0.15, -0.1) is 0 Å². The van der Waals surface area contributed by atoms with Crippen LogP contribution >= 0.6 is 0 Å². The van der Waals surface area contributed by atoms with Gasteiger partial charge in [-0.1, -0.05) is 70.4 Å². The van der Waals surface area contributed by atoms with Crippen LogP contribution in [-0.2, 0) is 11.3 Å². The van der Waals surface area contributed by atoms with E-state index in [4.69, 9.17) is 4.74 Å². The minimum Gasteiger partial charge on any atom is -0.474 e. The average Bonchev–Trinajstić information content (AvgIpc) is 2.50. The molecule has 1 N–H and O–H groups in total. The molecule has 0 aliphatic rings. The summed E-state index contributed by atoms with van der Waals surface area (Å²) >= 11 is 0. The van der Waals surface area contributed by atoms with E-state index in [2.05, 4.69) is 33.0 Å². The summed E-state index contributed by atoms with van der Waals surface area (Å²) in [6, 6.07) is 6.60. The quantitative estimate of drug-likeness (QED) is 0.514. The molecule has 0 amide bonds. The molecule has 1 aromatic carbocycles. The van der Waals surface area contributed by atoms with Crippen molar-refractivity contribution in [2.24, 2.45) is 0 Å². The highest BCUT2D eigenvalue weighted by molar-refractivity contribution is 5.17. The van der Waals surface area contributed by atoms with E-state index in [0.717, 1.165) is 0 Å². The van der Waals surface area contributed by atoms with Gasteiger partial charge in [0, 0.05) is 12.6 Å². The third kappa shape index (κ3) is 14.9. The smallest absolute Gasteiger partial charge is 0.186 e. The van der Waals surface area contributed by atoms with Gasteiger partial charge in [0.05, 0.1) is 0 Å². The Hall–Kier alpha value is -1.77. The second-order valence-electron chi connectivity index (χ2n) is 5.32. The van der Waals surface area contributed by atoms with Crippen molar-refractivity contribution in [3.63, 3.8) is 0 Å². The molecule has 0 atom stereocenters. The molecule has 0 spiro atoms. The van der Waals surface area contributed by atoms with Crippen LogP contribution in [0, 0.1) is 5.82 Å². The number of hydrogen-bond donors (Lipinski definition) is 1. The van der Waals surface area contributed by atoms with Crippen LogP contribution in [0.1, 0.15) is 59.9 Å². The van der Waals surface area contributed by atoms with Crippen LogP contribution in [0.3, 0.4) is 0 Å². The number of nitrogens with one attached hydrogen (secondary N) is 1. The minimum absolute atomic E-state index is 0.218. The first-order valence-corrected chi connectivity index (χ1v) is 8.35. The first-order chi connectivity index (χ1) is 11.0. The molecule has 1 rings (SSSR count). The number of hydrogen-bond acceptors (Lipinski definition) is 2. The Morgan fingerprint density at radius 2 is 1.57 bits per heavy atom. The number of ether oxygens (including phenoxy) is 1. The van der Waals surface area contributed by atoms with Gasteiger partial charge < -0.3 is 10.1 Å². The summed E-state index contributed by atoms with van der Waals surface area (Å²) in [7, 11) is 1.77. The molecule has 0 saturated carbocycles. The molecule has 0 radical (unpaired) electrons. The number of benzene rings is 1. The molecule has 0 heterocycles. The molecule has 0 unspecified atom stereocenters. The molecule has 0 fully saturated rings. The summed E-state index contributed by atoms with van der Waals surface area (Å²) in [4.78, 5) is 0.